The van der Waals surface area contributed by atoms with Crippen LogP contribution in [0.5, 0.6) is 5.75 Å². The molecule has 31 heavy (non-hydrogen) atoms. The summed E-state index contributed by atoms with van der Waals surface area (Å²) in [7, 11) is 0. The zero-order valence-corrected chi connectivity index (χ0v) is 17.9. The highest BCUT2D eigenvalue weighted by atomic mass is 32.2. The van der Waals surface area contributed by atoms with Gasteiger partial charge in [0.05, 0.1) is 23.5 Å². The van der Waals surface area contributed by atoms with E-state index in [1.54, 1.807) is 12.1 Å². The average molecular weight is 454 g/mol. The second-order valence-corrected chi connectivity index (χ2v) is 8.93. The summed E-state index contributed by atoms with van der Waals surface area (Å²) in [6.07, 6.45) is -3.62. The molecule has 4 rings (SSSR count). The summed E-state index contributed by atoms with van der Waals surface area (Å²) in [5.41, 5.74) is 0.607. The third kappa shape index (κ3) is 5.11. The Morgan fingerprint density at radius 1 is 0.839 bits per heavy atom. The molecule has 2 aromatic carbocycles. The largest absolute Gasteiger partial charge is 0.508 e. The predicted molar refractivity (Wildman–Crippen MR) is 115 cm³/mol. The monoisotopic (exact) mass is 453 g/mol. The summed E-state index contributed by atoms with van der Waals surface area (Å²) in [5, 5.41) is 19.1. The van der Waals surface area contributed by atoms with Gasteiger partial charge in [0, 0.05) is 55.1 Å². The van der Waals surface area contributed by atoms with Gasteiger partial charge in [-0.25, -0.2) is 0 Å². The van der Waals surface area contributed by atoms with Crippen LogP contribution >= 0.6 is 11.8 Å². The Balaban J connectivity index is 1.50. The van der Waals surface area contributed by atoms with Crippen LogP contribution in [0.25, 0.3) is 0 Å². The molecule has 0 radical (unpaired) electrons. The number of phenolic OH excluding ortho intramolecular Hbond substituents is 1. The lowest BCUT2D eigenvalue weighted by Crippen LogP contribution is -2.47. The first-order valence-electron chi connectivity index (χ1n) is 10.4. The molecule has 9 heteroatoms. The molecule has 1 saturated heterocycles. The summed E-state index contributed by atoms with van der Waals surface area (Å²) < 4.78 is 40.0. The molecule has 0 spiro atoms. The van der Waals surface area contributed by atoms with E-state index in [2.05, 4.69) is 9.80 Å². The fourth-order valence-electron chi connectivity index (χ4n) is 4.11. The van der Waals surface area contributed by atoms with Crippen molar-refractivity contribution in [2.24, 2.45) is 0 Å². The van der Waals surface area contributed by atoms with Gasteiger partial charge in [-0.3, -0.25) is 4.90 Å². The van der Waals surface area contributed by atoms with E-state index in [4.69, 9.17) is 5.11 Å². The van der Waals surface area contributed by atoms with Crippen LogP contribution < -0.4 is 4.90 Å². The first-order valence-corrected chi connectivity index (χ1v) is 11.2. The minimum absolute atomic E-state index is 0.0970. The second-order valence-electron chi connectivity index (χ2n) is 7.85. The quantitative estimate of drug-likeness (QED) is 0.689. The zero-order chi connectivity index (χ0) is 22.0. The van der Waals surface area contributed by atoms with Gasteiger partial charge in [0.25, 0.3) is 0 Å². The van der Waals surface area contributed by atoms with Crippen LogP contribution in [0.4, 0.5) is 24.5 Å². The molecular weight excluding hydrogens is 427 g/mol. The van der Waals surface area contributed by atoms with Crippen molar-refractivity contribution in [2.45, 2.75) is 22.4 Å². The molecule has 2 aromatic rings. The number of piperazine rings is 1. The van der Waals surface area contributed by atoms with Gasteiger partial charge in [-0.15, -0.1) is 0 Å². The SMILES string of the molecule is OCCN1CCN(CCCN2c3cc(O)ccc3Sc3ccc(C(F)(F)F)cc32)CC1. The Morgan fingerprint density at radius 2 is 1.45 bits per heavy atom. The van der Waals surface area contributed by atoms with E-state index in [0.717, 1.165) is 60.7 Å². The number of rotatable bonds is 6. The number of anilines is 2. The Kier molecular flexibility index (Phi) is 6.66. The maximum absolute atomic E-state index is 13.3. The van der Waals surface area contributed by atoms with E-state index < -0.39 is 11.7 Å². The Hall–Kier alpha value is -1.94. The van der Waals surface area contributed by atoms with Crippen molar-refractivity contribution < 1.29 is 23.4 Å². The minimum Gasteiger partial charge on any atom is -0.508 e. The maximum Gasteiger partial charge on any atom is 0.416 e. The number of alkyl halides is 3. The first kappa shape index (κ1) is 22.3. The number of halogens is 3. The standard InChI is InChI=1S/C22H26F3N3O2S/c23-22(24,25)16-2-4-20-18(14-16)28(19-15-17(30)3-5-21(19)31-20)7-1-6-26-8-10-27(11-9-26)12-13-29/h2-5,14-15,29-30H,1,6-13H2. The molecule has 0 amide bonds. The molecule has 5 nitrogen and oxygen atoms in total. The van der Waals surface area contributed by atoms with Gasteiger partial charge >= 0.3 is 6.18 Å². The number of hydrogen-bond acceptors (Lipinski definition) is 6. The number of hydrogen-bond donors (Lipinski definition) is 2. The number of aliphatic hydroxyl groups excluding tert-OH is 1. The van der Waals surface area contributed by atoms with Crippen molar-refractivity contribution in [3.8, 4) is 5.75 Å². The molecule has 168 valence electrons. The molecule has 2 aliphatic heterocycles. The van der Waals surface area contributed by atoms with Crippen molar-refractivity contribution in [1.82, 2.24) is 9.80 Å². The van der Waals surface area contributed by atoms with Gasteiger partial charge in [-0.1, -0.05) is 11.8 Å². The van der Waals surface area contributed by atoms with Crippen molar-refractivity contribution in [2.75, 3.05) is 57.3 Å². The first-order chi connectivity index (χ1) is 14.8. The highest BCUT2D eigenvalue weighted by molar-refractivity contribution is 7.99. The summed E-state index contributed by atoms with van der Waals surface area (Å²) in [4.78, 5) is 8.18. The van der Waals surface area contributed by atoms with Gasteiger partial charge in [-0.05, 0) is 43.3 Å². The molecule has 0 aliphatic carbocycles. The molecule has 0 bridgehead atoms. The smallest absolute Gasteiger partial charge is 0.416 e. The molecule has 2 N–H and O–H groups in total. The van der Waals surface area contributed by atoms with Crippen molar-refractivity contribution in [3.05, 3.63) is 42.0 Å². The molecule has 2 aliphatic rings. The van der Waals surface area contributed by atoms with Gasteiger partial charge < -0.3 is 20.0 Å². The fraction of sp³-hybridized carbons (Fsp3) is 0.455. The Labute approximate surface area is 184 Å². The van der Waals surface area contributed by atoms with Gasteiger partial charge in [-0.2, -0.15) is 13.2 Å². The third-order valence-electron chi connectivity index (χ3n) is 5.77. The number of phenols is 1. The highest BCUT2D eigenvalue weighted by Gasteiger charge is 2.33. The Bertz CT molecular complexity index is 917. The molecule has 0 atom stereocenters. The molecule has 1 fully saturated rings. The van der Waals surface area contributed by atoms with Crippen molar-refractivity contribution in [1.29, 1.82) is 0 Å². The van der Waals surface area contributed by atoms with Crippen LogP contribution in [0.2, 0.25) is 0 Å². The number of benzene rings is 2. The van der Waals surface area contributed by atoms with Crippen LogP contribution in [0.1, 0.15) is 12.0 Å². The third-order valence-corrected chi connectivity index (χ3v) is 6.90. The average Bonchev–Trinajstić information content (AvgIpc) is 2.74. The number of aliphatic hydroxyl groups is 1. The summed E-state index contributed by atoms with van der Waals surface area (Å²) >= 11 is 1.42. The zero-order valence-electron chi connectivity index (χ0n) is 17.1. The lowest BCUT2D eigenvalue weighted by atomic mass is 10.1. The lowest BCUT2D eigenvalue weighted by molar-refractivity contribution is -0.137. The minimum atomic E-state index is -4.40. The van der Waals surface area contributed by atoms with E-state index in [-0.39, 0.29) is 12.4 Å². The molecule has 0 saturated carbocycles. The van der Waals surface area contributed by atoms with Gasteiger partial charge in [0.1, 0.15) is 5.75 Å². The summed E-state index contributed by atoms with van der Waals surface area (Å²) in [6.45, 7) is 5.92. The number of aromatic hydroxyl groups is 1. The topological polar surface area (TPSA) is 50.2 Å². The lowest BCUT2D eigenvalue weighted by Gasteiger charge is -2.36. The molecule has 0 unspecified atom stereocenters. The van der Waals surface area contributed by atoms with E-state index in [1.165, 1.54) is 23.9 Å². The van der Waals surface area contributed by atoms with Crippen LogP contribution in [-0.4, -0.2) is 72.4 Å². The van der Waals surface area contributed by atoms with Gasteiger partial charge in [0.2, 0.25) is 0 Å². The van der Waals surface area contributed by atoms with Crippen molar-refractivity contribution in [3.63, 3.8) is 0 Å². The molecular formula is C22H26F3N3O2S. The normalized spacial score (nSPS) is 17.5. The van der Waals surface area contributed by atoms with Gasteiger partial charge in [0.15, 0.2) is 0 Å². The van der Waals surface area contributed by atoms with E-state index in [9.17, 15) is 18.3 Å². The van der Waals surface area contributed by atoms with Crippen LogP contribution in [-0.2, 0) is 6.18 Å². The summed E-state index contributed by atoms with van der Waals surface area (Å²) in [5.74, 6) is 0.0970. The predicted octanol–water partition coefficient (Wildman–Crippen LogP) is 4.01. The van der Waals surface area contributed by atoms with Crippen LogP contribution in [0, 0.1) is 0 Å². The highest BCUT2D eigenvalue weighted by Crippen LogP contribution is 2.50. The van der Waals surface area contributed by atoms with E-state index in [0.29, 0.717) is 18.8 Å². The number of β-amino-alcohol motifs (C(OH)–C–C–N with tert-alkyl or cyclic N) is 1. The van der Waals surface area contributed by atoms with Crippen LogP contribution in [0.3, 0.4) is 0 Å². The Morgan fingerprint density at radius 3 is 2.10 bits per heavy atom. The van der Waals surface area contributed by atoms with Crippen LogP contribution in [0.15, 0.2) is 46.2 Å². The maximum atomic E-state index is 13.3. The van der Waals surface area contributed by atoms with Crippen molar-refractivity contribution >= 4 is 23.1 Å². The van der Waals surface area contributed by atoms with E-state index >= 15 is 0 Å². The fourth-order valence-corrected chi connectivity index (χ4v) is 5.17. The van der Waals surface area contributed by atoms with E-state index in [1.807, 2.05) is 11.0 Å². The second kappa shape index (κ2) is 9.28. The summed E-state index contributed by atoms with van der Waals surface area (Å²) in [6, 6.07) is 8.91. The molecule has 0 aromatic heterocycles. The number of nitrogens with zero attached hydrogens (tertiary/aromatic N) is 3. The molecule has 2 heterocycles. The number of fused-ring (bicyclic) bond motifs is 2.